The van der Waals surface area contributed by atoms with Crippen LogP contribution in [-0.4, -0.2) is 5.11 Å². The van der Waals surface area contributed by atoms with Gasteiger partial charge in [0.15, 0.2) is 0 Å². The lowest BCUT2D eigenvalue weighted by Gasteiger charge is -2.20. The first-order valence-electron chi connectivity index (χ1n) is 6.27. The molecule has 0 saturated carbocycles. The first kappa shape index (κ1) is 11.8. The van der Waals surface area contributed by atoms with Crippen molar-refractivity contribution in [3.8, 4) is 0 Å². The van der Waals surface area contributed by atoms with Crippen molar-refractivity contribution >= 4 is 11.6 Å². The molecule has 92 valence electrons. The maximum Gasteiger partial charge on any atom is 0.0873 e. The number of rotatable bonds is 2. The van der Waals surface area contributed by atoms with Gasteiger partial charge in [0.05, 0.1) is 6.10 Å². The van der Waals surface area contributed by atoms with E-state index in [-0.39, 0.29) is 5.92 Å². The first-order chi connectivity index (χ1) is 8.77. The Bertz CT molecular complexity index is 565. The predicted octanol–water partition coefficient (Wildman–Crippen LogP) is 4.10. The average molecular weight is 259 g/mol. The van der Waals surface area contributed by atoms with Crippen LogP contribution >= 0.6 is 11.6 Å². The zero-order chi connectivity index (χ0) is 12.5. The third-order valence-corrected chi connectivity index (χ3v) is 4.13. The molecule has 1 nitrogen and oxygen atoms in total. The van der Waals surface area contributed by atoms with Gasteiger partial charge in [0.1, 0.15) is 0 Å². The van der Waals surface area contributed by atoms with Crippen molar-refractivity contribution in [3.05, 3.63) is 70.2 Å². The summed E-state index contributed by atoms with van der Waals surface area (Å²) in [7, 11) is 0. The highest BCUT2D eigenvalue weighted by Gasteiger charge is 2.30. The minimum Gasteiger partial charge on any atom is -0.388 e. The molecule has 2 aromatic carbocycles. The van der Waals surface area contributed by atoms with E-state index in [2.05, 4.69) is 18.2 Å². The van der Waals surface area contributed by atoms with Crippen LogP contribution in [0.15, 0.2) is 48.5 Å². The molecule has 0 aliphatic heterocycles. The van der Waals surface area contributed by atoms with Crippen molar-refractivity contribution in [2.24, 2.45) is 0 Å². The van der Waals surface area contributed by atoms with Crippen LogP contribution in [0.4, 0.5) is 0 Å². The molecule has 2 heteroatoms. The third kappa shape index (κ3) is 1.94. The molecule has 2 atom stereocenters. The van der Waals surface area contributed by atoms with E-state index in [0.717, 1.165) is 18.4 Å². The largest absolute Gasteiger partial charge is 0.388 e. The number of aliphatic hydroxyl groups excluding tert-OH is 1. The summed E-state index contributed by atoms with van der Waals surface area (Å²) < 4.78 is 0. The Hall–Kier alpha value is -1.31. The van der Waals surface area contributed by atoms with E-state index < -0.39 is 6.10 Å². The summed E-state index contributed by atoms with van der Waals surface area (Å²) in [6, 6.07) is 15.9. The molecule has 0 heterocycles. The molecule has 0 aromatic heterocycles. The summed E-state index contributed by atoms with van der Waals surface area (Å²) in [5, 5.41) is 11.2. The zero-order valence-electron chi connectivity index (χ0n) is 10.0. The Morgan fingerprint density at radius 2 is 1.78 bits per heavy atom. The summed E-state index contributed by atoms with van der Waals surface area (Å²) in [6.07, 6.45) is 1.52. The molecule has 0 radical (unpaired) electrons. The van der Waals surface area contributed by atoms with Crippen LogP contribution in [0.3, 0.4) is 0 Å². The molecule has 0 fully saturated rings. The van der Waals surface area contributed by atoms with E-state index in [4.69, 9.17) is 11.6 Å². The van der Waals surface area contributed by atoms with Gasteiger partial charge in [-0.3, -0.25) is 0 Å². The molecule has 1 aliphatic carbocycles. The van der Waals surface area contributed by atoms with Crippen LogP contribution in [-0.2, 0) is 6.42 Å². The monoisotopic (exact) mass is 258 g/mol. The number of aryl methyl sites for hydroxylation is 1. The lowest BCUT2D eigenvalue weighted by Crippen LogP contribution is -2.08. The minimum absolute atomic E-state index is 0.168. The fourth-order valence-electron chi connectivity index (χ4n) is 2.85. The topological polar surface area (TPSA) is 20.2 Å². The average Bonchev–Trinajstić information content (AvgIpc) is 2.82. The molecular weight excluding hydrogens is 244 g/mol. The lowest BCUT2D eigenvalue weighted by atomic mass is 9.90. The summed E-state index contributed by atoms with van der Waals surface area (Å²) >= 11 is 6.16. The Morgan fingerprint density at radius 1 is 1.06 bits per heavy atom. The number of halogens is 1. The summed E-state index contributed by atoms with van der Waals surface area (Å²) in [6.45, 7) is 0. The first-order valence-corrected chi connectivity index (χ1v) is 6.65. The molecule has 0 saturated heterocycles. The maximum absolute atomic E-state index is 10.6. The van der Waals surface area contributed by atoms with Gasteiger partial charge in [-0.2, -0.15) is 0 Å². The van der Waals surface area contributed by atoms with Crippen LogP contribution in [0.1, 0.15) is 35.1 Å². The Labute approximate surface area is 112 Å². The molecule has 0 bridgehead atoms. The molecule has 0 spiro atoms. The minimum atomic E-state index is -0.512. The maximum atomic E-state index is 10.6. The van der Waals surface area contributed by atoms with Crippen molar-refractivity contribution in [1.82, 2.24) is 0 Å². The van der Waals surface area contributed by atoms with Gasteiger partial charge in [0.2, 0.25) is 0 Å². The van der Waals surface area contributed by atoms with E-state index in [1.807, 2.05) is 30.3 Å². The van der Waals surface area contributed by atoms with Crippen LogP contribution in [0.2, 0.25) is 5.02 Å². The van der Waals surface area contributed by atoms with Crippen LogP contribution in [0.5, 0.6) is 0 Å². The fraction of sp³-hybridized carbons (Fsp3) is 0.250. The van der Waals surface area contributed by atoms with Crippen molar-refractivity contribution in [2.75, 3.05) is 0 Å². The predicted molar refractivity (Wildman–Crippen MR) is 73.9 cm³/mol. The molecule has 0 amide bonds. The number of hydrogen-bond donors (Lipinski definition) is 1. The highest BCUT2D eigenvalue weighted by atomic mass is 35.5. The Balaban J connectivity index is 1.96. The number of aliphatic hydroxyl groups is 1. The van der Waals surface area contributed by atoms with E-state index in [1.165, 1.54) is 11.1 Å². The van der Waals surface area contributed by atoms with Crippen LogP contribution in [0.25, 0.3) is 0 Å². The number of fused-ring (bicyclic) bond motifs is 1. The van der Waals surface area contributed by atoms with Crippen LogP contribution in [0, 0.1) is 0 Å². The quantitative estimate of drug-likeness (QED) is 0.860. The van der Waals surface area contributed by atoms with Gasteiger partial charge in [-0.25, -0.2) is 0 Å². The second kappa shape index (κ2) is 4.75. The molecule has 1 aliphatic rings. The Morgan fingerprint density at radius 3 is 2.61 bits per heavy atom. The van der Waals surface area contributed by atoms with Gasteiger partial charge in [-0.05, 0) is 35.6 Å². The van der Waals surface area contributed by atoms with E-state index in [0.29, 0.717) is 5.02 Å². The van der Waals surface area contributed by atoms with Gasteiger partial charge < -0.3 is 5.11 Å². The number of benzene rings is 2. The standard InChI is InChI=1S/C16H15ClO/c17-15-8-4-3-7-14(15)16(18)13-10-9-11-5-1-2-6-12(11)13/h1-8,13,16,18H,9-10H2. The van der Waals surface area contributed by atoms with E-state index >= 15 is 0 Å². The Kier molecular flexibility index (Phi) is 3.11. The van der Waals surface area contributed by atoms with Gasteiger partial charge in [0.25, 0.3) is 0 Å². The molecule has 1 N–H and O–H groups in total. The van der Waals surface area contributed by atoms with Crippen LogP contribution < -0.4 is 0 Å². The fourth-order valence-corrected chi connectivity index (χ4v) is 3.10. The molecule has 2 unspecified atom stereocenters. The highest BCUT2D eigenvalue weighted by molar-refractivity contribution is 6.31. The number of hydrogen-bond acceptors (Lipinski definition) is 1. The molecule has 3 rings (SSSR count). The summed E-state index contributed by atoms with van der Waals surface area (Å²) in [5.41, 5.74) is 3.46. The van der Waals surface area contributed by atoms with Crippen molar-refractivity contribution in [2.45, 2.75) is 24.9 Å². The molecule has 18 heavy (non-hydrogen) atoms. The highest BCUT2D eigenvalue weighted by Crippen LogP contribution is 2.42. The second-order valence-electron chi connectivity index (χ2n) is 4.81. The van der Waals surface area contributed by atoms with E-state index in [1.54, 1.807) is 0 Å². The van der Waals surface area contributed by atoms with Crippen molar-refractivity contribution < 1.29 is 5.11 Å². The second-order valence-corrected chi connectivity index (χ2v) is 5.22. The van der Waals surface area contributed by atoms with Gasteiger partial charge in [-0.1, -0.05) is 54.1 Å². The normalized spacial score (nSPS) is 19.6. The molecule has 2 aromatic rings. The SMILES string of the molecule is OC(c1ccccc1Cl)C1CCc2ccccc21. The summed E-state index contributed by atoms with van der Waals surface area (Å²) in [4.78, 5) is 0. The van der Waals surface area contributed by atoms with Crippen molar-refractivity contribution in [1.29, 1.82) is 0 Å². The smallest absolute Gasteiger partial charge is 0.0873 e. The van der Waals surface area contributed by atoms with Gasteiger partial charge in [-0.15, -0.1) is 0 Å². The van der Waals surface area contributed by atoms with Gasteiger partial charge >= 0.3 is 0 Å². The zero-order valence-corrected chi connectivity index (χ0v) is 10.8. The summed E-state index contributed by atoms with van der Waals surface area (Å²) in [5.74, 6) is 0.168. The third-order valence-electron chi connectivity index (χ3n) is 3.78. The molecular formula is C16H15ClO. The van der Waals surface area contributed by atoms with Crippen molar-refractivity contribution in [3.63, 3.8) is 0 Å². The van der Waals surface area contributed by atoms with Gasteiger partial charge in [0, 0.05) is 10.9 Å². The van der Waals surface area contributed by atoms with E-state index in [9.17, 15) is 5.11 Å². The lowest BCUT2D eigenvalue weighted by molar-refractivity contribution is 0.145.